The molecule has 0 saturated heterocycles. The van der Waals surface area contributed by atoms with Gasteiger partial charge in [0.15, 0.2) is 0 Å². The molecule has 0 amide bonds. The molecule has 0 atom stereocenters. The highest BCUT2D eigenvalue weighted by Crippen LogP contribution is 2.28. The molecule has 1 fully saturated rings. The largest absolute Gasteiger partial charge is 0.307 e. The molecule has 2 rings (SSSR count). The van der Waals surface area contributed by atoms with Gasteiger partial charge in [0.05, 0.1) is 0 Å². The highest BCUT2D eigenvalue weighted by Gasteiger charge is 2.25. The van der Waals surface area contributed by atoms with Crippen molar-refractivity contribution in [1.29, 1.82) is 0 Å². The zero-order chi connectivity index (χ0) is 9.86. The number of hydrogen-bond donors (Lipinski definition) is 1. The van der Waals surface area contributed by atoms with Crippen molar-refractivity contribution in [1.82, 2.24) is 5.32 Å². The van der Waals surface area contributed by atoms with Crippen LogP contribution < -0.4 is 5.32 Å². The van der Waals surface area contributed by atoms with E-state index in [0.717, 1.165) is 6.54 Å². The molecule has 1 aliphatic rings. The number of nitrogens with one attached hydrogen (secondary N) is 1. The van der Waals surface area contributed by atoms with Crippen LogP contribution in [0.15, 0.2) is 17.5 Å². The monoisotopic (exact) mass is 209 g/mol. The minimum absolute atomic E-state index is 0.405. The summed E-state index contributed by atoms with van der Waals surface area (Å²) in [5.74, 6) is 0. The zero-order valence-corrected chi connectivity index (χ0v) is 9.70. The van der Waals surface area contributed by atoms with Crippen LogP contribution in [0.4, 0.5) is 0 Å². The quantitative estimate of drug-likeness (QED) is 0.802. The molecule has 0 spiro atoms. The number of thiophene rings is 1. The Bertz CT molecular complexity index is 260. The van der Waals surface area contributed by atoms with Gasteiger partial charge in [0.25, 0.3) is 0 Å². The van der Waals surface area contributed by atoms with E-state index < -0.39 is 0 Å². The highest BCUT2D eigenvalue weighted by atomic mass is 32.1. The lowest BCUT2D eigenvalue weighted by atomic mass is 9.83. The van der Waals surface area contributed by atoms with Crippen molar-refractivity contribution in [2.24, 2.45) is 0 Å². The number of hydrogen-bond acceptors (Lipinski definition) is 2. The predicted molar refractivity (Wildman–Crippen MR) is 62.6 cm³/mol. The standard InChI is InChI=1S/C12H19NS/c1-12(7-3-2-4-8-12)13-10-11-6-5-9-14-11/h5-6,9,13H,2-4,7-8,10H2,1H3. The van der Waals surface area contributed by atoms with E-state index in [4.69, 9.17) is 0 Å². The maximum atomic E-state index is 3.71. The van der Waals surface area contributed by atoms with Gasteiger partial charge in [-0.2, -0.15) is 0 Å². The molecule has 1 nitrogen and oxygen atoms in total. The summed E-state index contributed by atoms with van der Waals surface area (Å²) in [6.07, 6.45) is 6.91. The van der Waals surface area contributed by atoms with Gasteiger partial charge in [0, 0.05) is 17.0 Å². The Hall–Kier alpha value is -0.340. The van der Waals surface area contributed by atoms with Gasteiger partial charge in [-0.25, -0.2) is 0 Å². The molecule has 1 heterocycles. The van der Waals surface area contributed by atoms with Crippen LogP contribution in [0.1, 0.15) is 43.9 Å². The van der Waals surface area contributed by atoms with Crippen molar-refractivity contribution >= 4 is 11.3 Å². The third-order valence-electron chi connectivity index (χ3n) is 3.23. The summed E-state index contributed by atoms with van der Waals surface area (Å²) in [6.45, 7) is 3.42. The van der Waals surface area contributed by atoms with Crippen molar-refractivity contribution in [3.05, 3.63) is 22.4 Å². The van der Waals surface area contributed by atoms with Crippen molar-refractivity contribution in [2.75, 3.05) is 0 Å². The van der Waals surface area contributed by atoms with Gasteiger partial charge in [0.1, 0.15) is 0 Å². The molecule has 1 aromatic rings. The molecule has 0 aliphatic heterocycles. The van der Waals surface area contributed by atoms with Crippen molar-refractivity contribution in [3.63, 3.8) is 0 Å². The molecule has 0 bridgehead atoms. The number of rotatable bonds is 3. The molecule has 1 saturated carbocycles. The van der Waals surface area contributed by atoms with Gasteiger partial charge in [-0.15, -0.1) is 11.3 Å². The molecule has 1 N–H and O–H groups in total. The van der Waals surface area contributed by atoms with Crippen LogP contribution in [0.25, 0.3) is 0 Å². The third kappa shape index (κ3) is 2.58. The molecule has 0 unspecified atom stereocenters. The van der Waals surface area contributed by atoms with E-state index in [0.29, 0.717) is 5.54 Å². The second-order valence-electron chi connectivity index (χ2n) is 4.55. The Kier molecular flexibility index (Phi) is 3.24. The Morgan fingerprint density at radius 3 is 2.79 bits per heavy atom. The molecule has 0 radical (unpaired) electrons. The fourth-order valence-electron chi connectivity index (χ4n) is 2.22. The lowest BCUT2D eigenvalue weighted by molar-refractivity contribution is 0.253. The maximum Gasteiger partial charge on any atom is 0.0304 e. The van der Waals surface area contributed by atoms with Crippen LogP contribution >= 0.6 is 11.3 Å². The Balaban J connectivity index is 1.84. The molecular weight excluding hydrogens is 190 g/mol. The molecule has 0 aromatic carbocycles. The van der Waals surface area contributed by atoms with Crippen LogP contribution in [-0.2, 0) is 6.54 Å². The molecule has 14 heavy (non-hydrogen) atoms. The van der Waals surface area contributed by atoms with Gasteiger partial charge in [0.2, 0.25) is 0 Å². The zero-order valence-electron chi connectivity index (χ0n) is 8.88. The van der Waals surface area contributed by atoms with Gasteiger partial charge >= 0.3 is 0 Å². The van der Waals surface area contributed by atoms with Crippen molar-refractivity contribution in [3.8, 4) is 0 Å². The first kappa shape index (κ1) is 10.2. The summed E-state index contributed by atoms with van der Waals surface area (Å²) < 4.78 is 0. The van der Waals surface area contributed by atoms with E-state index in [1.54, 1.807) is 0 Å². The molecule has 1 aliphatic carbocycles. The van der Waals surface area contributed by atoms with E-state index in [2.05, 4.69) is 29.8 Å². The normalized spacial score (nSPS) is 20.9. The summed E-state index contributed by atoms with van der Waals surface area (Å²) in [6, 6.07) is 4.34. The molecule has 78 valence electrons. The minimum Gasteiger partial charge on any atom is -0.307 e. The predicted octanol–water partition coefficient (Wildman–Crippen LogP) is 3.56. The fourth-order valence-corrected chi connectivity index (χ4v) is 2.87. The highest BCUT2D eigenvalue weighted by molar-refractivity contribution is 7.09. The molecule has 1 aromatic heterocycles. The fraction of sp³-hybridized carbons (Fsp3) is 0.667. The summed E-state index contributed by atoms with van der Waals surface area (Å²) in [4.78, 5) is 1.46. The third-order valence-corrected chi connectivity index (χ3v) is 4.10. The minimum atomic E-state index is 0.405. The van der Waals surface area contributed by atoms with E-state index in [1.165, 1.54) is 37.0 Å². The topological polar surface area (TPSA) is 12.0 Å². The molecule has 2 heteroatoms. The van der Waals surface area contributed by atoms with Crippen LogP contribution in [0.2, 0.25) is 0 Å². The van der Waals surface area contributed by atoms with E-state index in [-0.39, 0.29) is 0 Å². The van der Waals surface area contributed by atoms with Gasteiger partial charge in [-0.1, -0.05) is 25.3 Å². The van der Waals surface area contributed by atoms with E-state index in [1.807, 2.05) is 11.3 Å². The lowest BCUT2D eigenvalue weighted by Gasteiger charge is -2.34. The summed E-state index contributed by atoms with van der Waals surface area (Å²) in [5.41, 5.74) is 0.405. The summed E-state index contributed by atoms with van der Waals surface area (Å²) in [7, 11) is 0. The van der Waals surface area contributed by atoms with Crippen molar-refractivity contribution in [2.45, 2.75) is 51.1 Å². The van der Waals surface area contributed by atoms with Crippen LogP contribution in [0.3, 0.4) is 0 Å². The first-order valence-electron chi connectivity index (χ1n) is 5.56. The maximum absolute atomic E-state index is 3.71. The van der Waals surface area contributed by atoms with E-state index >= 15 is 0 Å². The average molecular weight is 209 g/mol. The van der Waals surface area contributed by atoms with Gasteiger partial charge in [-0.05, 0) is 31.2 Å². The SMILES string of the molecule is CC1(NCc2cccs2)CCCCC1. The van der Waals surface area contributed by atoms with E-state index in [9.17, 15) is 0 Å². The molecular formula is C12H19NS. The first-order chi connectivity index (χ1) is 6.79. The Morgan fingerprint density at radius 2 is 2.14 bits per heavy atom. The first-order valence-corrected chi connectivity index (χ1v) is 6.44. The van der Waals surface area contributed by atoms with Crippen LogP contribution in [0, 0.1) is 0 Å². The van der Waals surface area contributed by atoms with Crippen LogP contribution in [-0.4, -0.2) is 5.54 Å². The summed E-state index contributed by atoms with van der Waals surface area (Å²) in [5, 5.41) is 5.86. The van der Waals surface area contributed by atoms with Crippen molar-refractivity contribution < 1.29 is 0 Å². The second-order valence-corrected chi connectivity index (χ2v) is 5.59. The lowest BCUT2D eigenvalue weighted by Crippen LogP contribution is -2.43. The summed E-state index contributed by atoms with van der Waals surface area (Å²) >= 11 is 1.85. The second kappa shape index (κ2) is 4.45. The smallest absolute Gasteiger partial charge is 0.0304 e. The average Bonchev–Trinajstić information content (AvgIpc) is 2.69. The van der Waals surface area contributed by atoms with Crippen LogP contribution in [0.5, 0.6) is 0 Å². The van der Waals surface area contributed by atoms with Gasteiger partial charge < -0.3 is 5.32 Å². The van der Waals surface area contributed by atoms with Gasteiger partial charge in [-0.3, -0.25) is 0 Å². The Labute approximate surface area is 90.5 Å². The Morgan fingerprint density at radius 1 is 1.36 bits per heavy atom.